The quantitative estimate of drug-likeness (QED) is 0.333. The largest absolute Gasteiger partial charge is 0.465 e. The Hall–Kier alpha value is -2.77. The van der Waals surface area contributed by atoms with Gasteiger partial charge in [-0.25, -0.2) is 9.78 Å². The molecule has 0 bridgehead atoms. The van der Waals surface area contributed by atoms with E-state index < -0.39 is 0 Å². The van der Waals surface area contributed by atoms with Gasteiger partial charge in [0.1, 0.15) is 5.82 Å². The van der Waals surface area contributed by atoms with Gasteiger partial charge in [-0.2, -0.15) is 0 Å². The van der Waals surface area contributed by atoms with Crippen molar-refractivity contribution >= 4 is 33.5 Å². The summed E-state index contributed by atoms with van der Waals surface area (Å²) in [5.74, 6) is 0.355. The number of aromatic nitrogens is 2. The minimum atomic E-state index is -0.385. The first-order valence-electron chi connectivity index (χ1n) is 9.44. The molecule has 1 atom stereocenters. The third kappa shape index (κ3) is 4.55. The van der Waals surface area contributed by atoms with Crippen molar-refractivity contribution in [2.24, 2.45) is 5.73 Å². The number of nitrogens with two attached hydrogens (primary N) is 1. The van der Waals surface area contributed by atoms with E-state index in [9.17, 15) is 4.79 Å². The second kappa shape index (κ2) is 9.43. The summed E-state index contributed by atoms with van der Waals surface area (Å²) in [5, 5.41) is 6.31. The Labute approximate surface area is 164 Å². The van der Waals surface area contributed by atoms with Crippen molar-refractivity contribution in [1.29, 1.82) is 0 Å². The number of ether oxygens (including phenoxy) is 2. The van der Waals surface area contributed by atoms with Crippen LogP contribution in [0, 0.1) is 0 Å². The molecule has 3 N–H and O–H groups in total. The summed E-state index contributed by atoms with van der Waals surface area (Å²) >= 11 is 0. The van der Waals surface area contributed by atoms with E-state index in [1.54, 1.807) is 18.3 Å². The lowest BCUT2D eigenvalue weighted by Gasteiger charge is -2.17. The Kier molecular flexibility index (Phi) is 6.73. The second-order valence-electron chi connectivity index (χ2n) is 6.72. The van der Waals surface area contributed by atoms with E-state index in [-0.39, 0.29) is 12.0 Å². The Morgan fingerprint density at radius 3 is 2.86 bits per heavy atom. The number of nitrogens with one attached hydrogen (secondary N) is 1. The molecule has 0 aliphatic rings. The molecule has 3 rings (SSSR count). The normalized spacial score (nSPS) is 12.2. The van der Waals surface area contributed by atoms with Crippen LogP contribution in [-0.4, -0.2) is 48.8 Å². The van der Waals surface area contributed by atoms with E-state index in [2.05, 4.69) is 10.3 Å². The highest BCUT2D eigenvalue weighted by Crippen LogP contribution is 2.29. The summed E-state index contributed by atoms with van der Waals surface area (Å²) in [6.07, 6.45) is 5.49. The zero-order chi connectivity index (χ0) is 19.9. The molecule has 0 saturated heterocycles. The number of anilines is 1. The summed E-state index contributed by atoms with van der Waals surface area (Å²) < 4.78 is 10.5. The minimum Gasteiger partial charge on any atom is -0.465 e. The number of benzene rings is 1. The summed E-state index contributed by atoms with van der Waals surface area (Å²) in [5.41, 5.74) is 6.67. The molecule has 7 heteroatoms. The molecule has 1 aromatic carbocycles. The first kappa shape index (κ1) is 20.0. The van der Waals surface area contributed by atoms with Gasteiger partial charge in [-0.05, 0) is 44.5 Å². The van der Waals surface area contributed by atoms with Crippen molar-refractivity contribution in [3.63, 3.8) is 0 Å². The maximum Gasteiger partial charge on any atom is 0.337 e. The first-order valence-corrected chi connectivity index (χ1v) is 9.44. The van der Waals surface area contributed by atoms with E-state index in [0.29, 0.717) is 30.8 Å². The molecule has 0 aliphatic carbocycles. The van der Waals surface area contributed by atoms with Gasteiger partial charge in [0, 0.05) is 41.2 Å². The number of rotatable bonds is 9. The number of carbonyl (C=O) groups is 1. The molecule has 0 spiro atoms. The predicted octanol–water partition coefficient (Wildman–Crippen LogP) is 3.13. The number of esters is 1. The lowest BCUT2D eigenvalue weighted by atomic mass is 10.1. The number of methoxy groups -OCH3 is 1. The van der Waals surface area contributed by atoms with Crippen LogP contribution in [0.3, 0.4) is 0 Å². The van der Waals surface area contributed by atoms with Gasteiger partial charge in [0.25, 0.3) is 0 Å². The first-order chi connectivity index (χ1) is 13.6. The molecule has 0 radical (unpaired) electrons. The lowest BCUT2D eigenvalue weighted by molar-refractivity contribution is 0.0601. The Morgan fingerprint density at radius 2 is 2.07 bits per heavy atom. The van der Waals surface area contributed by atoms with Crippen LogP contribution in [0.5, 0.6) is 0 Å². The molecule has 0 fully saturated rings. The summed E-state index contributed by atoms with van der Waals surface area (Å²) in [6.45, 7) is 4.00. The van der Waals surface area contributed by atoms with Crippen molar-refractivity contribution in [3.8, 4) is 0 Å². The fourth-order valence-electron chi connectivity index (χ4n) is 3.09. The van der Waals surface area contributed by atoms with Crippen LogP contribution in [0.25, 0.3) is 21.7 Å². The monoisotopic (exact) mass is 382 g/mol. The molecule has 7 nitrogen and oxygen atoms in total. The average Bonchev–Trinajstić information content (AvgIpc) is 2.72. The summed E-state index contributed by atoms with van der Waals surface area (Å²) in [7, 11) is 1.37. The molecular weight excluding hydrogens is 356 g/mol. The third-order valence-corrected chi connectivity index (χ3v) is 4.51. The van der Waals surface area contributed by atoms with Crippen molar-refractivity contribution < 1.29 is 14.3 Å². The number of unbranched alkanes of at least 4 members (excludes halogenated alkanes) is 1. The van der Waals surface area contributed by atoms with Gasteiger partial charge in [0.2, 0.25) is 0 Å². The molecule has 2 aromatic heterocycles. The molecular formula is C21H26N4O3. The Balaban J connectivity index is 1.88. The zero-order valence-corrected chi connectivity index (χ0v) is 16.3. The third-order valence-electron chi connectivity index (χ3n) is 4.51. The van der Waals surface area contributed by atoms with Crippen molar-refractivity contribution in [2.45, 2.75) is 25.8 Å². The smallest absolute Gasteiger partial charge is 0.337 e. The van der Waals surface area contributed by atoms with Gasteiger partial charge >= 0.3 is 5.97 Å². The fourth-order valence-corrected chi connectivity index (χ4v) is 3.09. The highest BCUT2D eigenvalue weighted by atomic mass is 16.5. The van der Waals surface area contributed by atoms with Gasteiger partial charge in [-0.3, -0.25) is 4.98 Å². The van der Waals surface area contributed by atoms with Gasteiger partial charge in [-0.1, -0.05) is 6.07 Å². The molecule has 0 saturated carbocycles. The van der Waals surface area contributed by atoms with Gasteiger partial charge < -0.3 is 20.5 Å². The molecule has 2 heterocycles. The molecule has 0 amide bonds. The summed E-state index contributed by atoms with van der Waals surface area (Å²) in [4.78, 5) is 20.9. The van der Waals surface area contributed by atoms with E-state index in [1.807, 2.05) is 25.3 Å². The molecule has 148 valence electrons. The maximum atomic E-state index is 11.9. The van der Waals surface area contributed by atoms with Crippen molar-refractivity contribution in [2.75, 3.05) is 32.2 Å². The van der Waals surface area contributed by atoms with Crippen LogP contribution >= 0.6 is 0 Å². The molecule has 0 aliphatic heterocycles. The van der Waals surface area contributed by atoms with E-state index >= 15 is 0 Å². The van der Waals surface area contributed by atoms with E-state index in [0.717, 1.165) is 34.8 Å². The number of hydrogen-bond acceptors (Lipinski definition) is 7. The van der Waals surface area contributed by atoms with Crippen LogP contribution in [0.1, 0.15) is 30.1 Å². The van der Waals surface area contributed by atoms with Crippen molar-refractivity contribution in [1.82, 2.24) is 9.97 Å². The number of carbonyl (C=O) groups excluding carboxylic acids is 1. The molecule has 3 aromatic rings. The number of pyridine rings is 2. The SMILES string of the molecule is COC(=O)c1ccc2c(c1)nc(N[C@H](C)COCCCCN)c1ccncc12. The highest BCUT2D eigenvalue weighted by Gasteiger charge is 2.13. The van der Waals surface area contributed by atoms with Crippen molar-refractivity contribution in [3.05, 3.63) is 42.2 Å². The van der Waals surface area contributed by atoms with Crippen LogP contribution in [0.4, 0.5) is 5.82 Å². The lowest BCUT2D eigenvalue weighted by Crippen LogP contribution is -2.23. The second-order valence-corrected chi connectivity index (χ2v) is 6.72. The van der Waals surface area contributed by atoms with Gasteiger partial charge in [0.05, 0.1) is 24.8 Å². The number of fused-ring (bicyclic) bond motifs is 3. The van der Waals surface area contributed by atoms with E-state index in [1.165, 1.54) is 7.11 Å². The fraction of sp³-hybridized carbons (Fsp3) is 0.381. The minimum absolute atomic E-state index is 0.0722. The Morgan fingerprint density at radius 1 is 1.21 bits per heavy atom. The Bertz CT molecular complexity index is 961. The van der Waals surface area contributed by atoms with Gasteiger partial charge in [0.15, 0.2) is 0 Å². The van der Waals surface area contributed by atoms with Crippen LogP contribution in [0.15, 0.2) is 36.7 Å². The van der Waals surface area contributed by atoms with E-state index in [4.69, 9.17) is 20.2 Å². The summed E-state index contributed by atoms with van der Waals surface area (Å²) in [6, 6.07) is 7.38. The zero-order valence-electron chi connectivity index (χ0n) is 16.3. The van der Waals surface area contributed by atoms with Crippen LogP contribution in [0.2, 0.25) is 0 Å². The standard InChI is InChI=1S/C21H26N4O3/c1-14(13-28-10-4-3-8-22)24-20-17-7-9-23-12-18(17)16-6-5-15(21(26)27-2)11-19(16)25-20/h5-7,9,11-12,14H,3-4,8,10,13,22H2,1-2H3,(H,24,25)/t14-/m1/s1. The predicted molar refractivity (Wildman–Crippen MR) is 111 cm³/mol. The average molecular weight is 382 g/mol. The highest BCUT2D eigenvalue weighted by molar-refractivity contribution is 6.10. The van der Waals surface area contributed by atoms with Gasteiger partial charge in [-0.15, -0.1) is 0 Å². The molecule has 28 heavy (non-hydrogen) atoms. The van der Waals surface area contributed by atoms with Crippen LogP contribution < -0.4 is 11.1 Å². The van der Waals surface area contributed by atoms with Crippen LogP contribution in [-0.2, 0) is 9.47 Å². The number of nitrogens with zero attached hydrogens (tertiary/aromatic N) is 2. The maximum absolute atomic E-state index is 11.9. The molecule has 0 unspecified atom stereocenters. The number of hydrogen-bond donors (Lipinski definition) is 2. The topological polar surface area (TPSA) is 99.4 Å².